The summed E-state index contributed by atoms with van der Waals surface area (Å²) in [4.78, 5) is 0. The van der Waals surface area contributed by atoms with Gasteiger partial charge in [0.15, 0.2) is 0 Å². The summed E-state index contributed by atoms with van der Waals surface area (Å²) in [5.74, 6) is 1.42. The van der Waals surface area contributed by atoms with E-state index in [-0.39, 0.29) is 6.10 Å². The average Bonchev–Trinajstić information content (AvgIpc) is 2.61. The first-order valence-corrected chi connectivity index (χ1v) is 9.90. The van der Waals surface area contributed by atoms with Gasteiger partial charge in [0.25, 0.3) is 7.37 Å². The molecule has 0 aliphatic heterocycles. The summed E-state index contributed by atoms with van der Waals surface area (Å²) in [7, 11) is -1.61. The fraction of sp³-hybridized carbons (Fsp3) is 0.300. The van der Waals surface area contributed by atoms with E-state index >= 15 is 0 Å². The predicted octanol–water partition coefficient (Wildman–Crippen LogP) is 4.39. The molecule has 0 aliphatic rings. The Morgan fingerprint density at radius 1 is 1.12 bits per heavy atom. The molecule has 2 rings (SSSR count). The van der Waals surface area contributed by atoms with E-state index in [0.29, 0.717) is 28.7 Å². The van der Waals surface area contributed by atoms with Crippen LogP contribution in [0.15, 0.2) is 49.0 Å². The van der Waals surface area contributed by atoms with E-state index in [2.05, 4.69) is 6.58 Å². The Morgan fingerprint density at radius 3 is 2.28 bits per heavy atom. The highest BCUT2D eigenvalue weighted by Crippen LogP contribution is 2.45. The Labute approximate surface area is 149 Å². The van der Waals surface area contributed by atoms with Crippen molar-refractivity contribution in [1.82, 2.24) is 0 Å². The van der Waals surface area contributed by atoms with Crippen LogP contribution < -0.4 is 20.1 Å². The van der Waals surface area contributed by atoms with Gasteiger partial charge in [0.2, 0.25) is 0 Å². The van der Waals surface area contributed by atoms with Crippen molar-refractivity contribution in [3.63, 3.8) is 0 Å². The quantitative estimate of drug-likeness (QED) is 0.655. The molecule has 2 aromatic carbocycles. The van der Waals surface area contributed by atoms with Crippen LogP contribution in [0.1, 0.15) is 26.3 Å². The molecule has 0 fully saturated rings. The summed E-state index contributed by atoms with van der Waals surface area (Å²) in [6, 6.07) is 12.6. The lowest BCUT2D eigenvalue weighted by Crippen LogP contribution is -2.19. The number of rotatable bonds is 8. The van der Waals surface area contributed by atoms with Gasteiger partial charge in [-0.2, -0.15) is 0 Å². The molecule has 0 aliphatic carbocycles. The van der Waals surface area contributed by atoms with Gasteiger partial charge < -0.3 is 14.0 Å². The van der Waals surface area contributed by atoms with Gasteiger partial charge in [0.1, 0.15) is 11.5 Å². The van der Waals surface area contributed by atoms with Crippen molar-refractivity contribution in [2.75, 3.05) is 13.7 Å². The van der Waals surface area contributed by atoms with Crippen molar-refractivity contribution >= 4 is 24.1 Å². The number of hydrogen-bond donors (Lipinski definition) is 0. The van der Waals surface area contributed by atoms with Crippen LogP contribution in [0.4, 0.5) is 0 Å². The minimum absolute atomic E-state index is 0.0461. The third-order valence-corrected chi connectivity index (χ3v) is 6.20. The standard InChI is InChI=1S/C20H25O4P/c1-6-16-14-19(12-13-20(16)24-15(3)4)25(21,23-7-2)18-10-8-17(22-5)9-11-18/h6,8-15H,1,7H2,2-5H3. The largest absolute Gasteiger partial charge is 0.497 e. The zero-order chi connectivity index (χ0) is 18.4. The topological polar surface area (TPSA) is 44.8 Å². The summed E-state index contributed by atoms with van der Waals surface area (Å²) in [5.41, 5.74) is 0.791. The molecule has 0 heterocycles. The maximum absolute atomic E-state index is 13.7. The smallest absolute Gasteiger partial charge is 0.261 e. The Balaban J connectivity index is 2.51. The van der Waals surface area contributed by atoms with Crippen LogP contribution in [0.5, 0.6) is 11.5 Å². The molecule has 134 valence electrons. The van der Waals surface area contributed by atoms with E-state index in [9.17, 15) is 4.57 Å². The van der Waals surface area contributed by atoms with Crippen molar-refractivity contribution in [3.05, 3.63) is 54.6 Å². The number of hydrogen-bond acceptors (Lipinski definition) is 4. The molecule has 0 aromatic heterocycles. The van der Waals surface area contributed by atoms with Crippen molar-refractivity contribution in [3.8, 4) is 11.5 Å². The number of benzene rings is 2. The zero-order valence-electron chi connectivity index (χ0n) is 15.2. The Kier molecular flexibility index (Phi) is 6.46. The highest BCUT2D eigenvalue weighted by atomic mass is 31.2. The molecule has 1 atom stereocenters. The van der Waals surface area contributed by atoms with Crippen molar-refractivity contribution in [1.29, 1.82) is 0 Å². The van der Waals surface area contributed by atoms with Crippen LogP contribution in [0.25, 0.3) is 6.08 Å². The summed E-state index contributed by atoms with van der Waals surface area (Å²) in [6.07, 6.45) is 1.75. The monoisotopic (exact) mass is 360 g/mol. The molecule has 0 spiro atoms. The summed E-state index contributed by atoms with van der Waals surface area (Å²) >= 11 is 0. The van der Waals surface area contributed by atoms with Crippen molar-refractivity contribution in [2.45, 2.75) is 26.9 Å². The lowest BCUT2D eigenvalue weighted by atomic mass is 10.2. The molecule has 0 saturated carbocycles. The molecule has 0 saturated heterocycles. The minimum Gasteiger partial charge on any atom is -0.497 e. The van der Waals surface area contributed by atoms with E-state index < -0.39 is 7.37 Å². The van der Waals surface area contributed by atoms with Crippen LogP contribution in [0.2, 0.25) is 0 Å². The van der Waals surface area contributed by atoms with Gasteiger partial charge in [-0.3, -0.25) is 4.57 Å². The molecule has 2 aromatic rings. The lowest BCUT2D eigenvalue weighted by molar-refractivity contribution is 0.242. The summed E-state index contributed by atoms with van der Waals surface area (Å²) < 4.78 is 30.4. The van der Waals surface area contributed by atoms with Crippen molar-refractivity contribution < 1.29 is 18.6 Å². The molecule has 4 nitrogen and oxygen atoms in total. The second-order valence-electron chi connectivity index (χ2n) is 5.76. The second-order valence-corrected chi connectivity index (χ2v) is 8.15. The van der Waals surface area contributed by atoms with Gasteiger partial charge in [-0.05, 0) is 63.2 Å². The van der Waals surface area contributed by atoms with Gasteiger partial charge in [0.05, 0.1) is 19.8 Å². The first-order chi connectivity index (χ1) is 11.9. The van der Waals surface area contributed by atoms with Crippen LogP contribution >= 0.6 is 7.37 Å². The maximum Gasteiger partial charge on any atom is 0.261 e. The number of ether oxygens (including phenoxy) is 2. The predicted molar refractivity (Wildman–Crippen MR) is 104 cm³/mol. The molecular weight excluding hydrogens is 335 g/mol. The molecule has 5 heteroatoms. The van der Waals surface area contributed by atoms with E-state index in [1.807, 2.05) is 32.9 Å². The third kappa shape index (κ3) is 4.33. The van der Waals surface area contributed by atoms with E-state index in [1.54, 1.807) is 43.5 Å². The van der Waals surface area contributed by atoms with Crippen LogP contribution in [-0.2, 0) is 9.09 Å². The van der Waals surface area contributed by atoms with Gasteiger partial charge in [-0.25, -0.2) is 0 Å². The normalized spacial score (nSPS) is 13.3. The maximum atomic E-state index is 13.7. The molecule has 25 heavy (non-hydrogen) atoms. The van der Waals surface area contributed by atoms with Crippen molar-refractivity contribution in [2.24, 2.45) is 0 Å². The summed E-state index contributed by atoms with van der Waals surface area (Å²) in [6.45, 7) is 9.94. The zero-order valence-corrected chi connectivity index (χ0v) is 16.1. The van der Waals surface area contributed by atoms with Gasteiger partial charge in [0, 0.05) is 16.2 Å². The van der Waals surface area contributed by atoms with E-state index in [1.165, 1.54) is 0 Å². The first-order valence-electron chi connectivity index (χ1n) is 8.27. The first kappa shape index (κ1) is 19.3. The highest BCUT2D eigenvalue weighted by Gasteiger charge is 2.29. The fourth-order valence-corrected chi connectivity index (χ4v) is 4.58. The van der Waals surface area contributed by atoms with Gasteiger partial charge in [-0.15, -0.1) is 0 Å². The average molecular weight is 360 g/mol. The van der Waals surface area contributed by atoms with Crippen LogP contribution in [0.3, 0.4) is 0 Å². The Morgan fingerprint density at radius 2 is 1.76 bits per heavy atom. The van der Waals surface area contributed by atoms with Gasteiger partial charge in [-0.1, -0.05) is 12.7 Å². The Hall–Kier alpha value is -2.03. The van der Waals surface area contributed by atoms with E-state index in [0.717, 1.165) is 5.56 Å². The third-order valence-electron chi connectivity index (χ3n) is 3.64. The Bertz CT molecular complexity index is 766. The highest BCUT2D eigenvalue weighted by molar-refractivity contribution is 7.74. The molecule has 0 bridgehead atoms. The summed E-state index contributed by atoms with van der Waals surface area (Å²) in [5, 5.41) is 1.24. The second kappa shape index (κ2) is 8.37. The van der Waals surface area contributed by atoms with Crippen LogP contribution in [0, 0.1) is 0 Å². The molecular formula is C20H25O4P. The minimum atomic E-state index is -3.21. The lowest BCUT2D eigenvalue weighted by Gasteiger charge is -2.21. The van der Waals surface area contributed by atoms with E-state index in [4.69, 9.17) is 14.0 Å². The molecule has 0 radical (unpaired) electrons. The van der Waals surface area contributed by atoms with Gasteiger partial charge >= 0.3 is 0 Å². The fourth-order valence-electron chi connectivity index (χ4n) is 2.50. The molecule has 0 amide bonds. The number of methoxy groups -OCH3 is 1. The van der Waals surface area contributed by atoms with Crippen LogP contribution in [-0.4, -0.2) is 19.8 Å². The molecule has 0 N–H and O–H groups in total. The SMILES string of the molecule is C=Cc1cc(P(=O)(OCC)c2ccc(OC)cc2)ccc1OC(C)C. The molecule has 1 unspecified atom stereocenters.